The van der Waals surface area contributed by atoms with Gasteiger partial charge in [-0.25, -0.2) is 0 Å². The lowest BCUT2D eigenvalue weighted by molar-refractivity contribution is 0.128. The second-order valence-corrected chi connectivity index (χ2v) is 15.4. The lowest BCUT2D eigenvalue weighted by atomic mass is 10.1. The van der Waals surface area contributed by atoms with Crippen LogP contribution in [0.3, 0.4) is 0 Å². The summed E-state index contributed by atoms with van der Waals surface area (Å²) in [6, 6.07) is 22.9. The van der Waals surface area contributed by atoms with Crippen molar-refractivity contribution in [1.82, 2.24) is 35.2 Å². The predicted octanol–water partition coefficient (Wildman–Crippen LogP) is 5.01. The van der Waals surface area contributed by atoms with Crippen molar-refractivity contribution in [2.24, 2.45) is 0 Å². The van der Waals surface area contributed by atoms with Crippen molar-refractivity contribution in [1.29, 1.82) is 0 Å². The first-order valence-corrected chi connectivity index (χ1v) is 15.7. The molecule has 2 aromatic carbocycles. The lowest BCUT2D eigenvalue weighted by Gasteiger charge is -2.15. The molecule has 0 amide bonds. The van der Waals surface area contributed by atoms with Crippen molar-refractivity contribution >= 4 is 13.7 Å². The van der Waals surface area contributed by atoms with Gasteiger partial charge in [-0.1, -0.05) is 85.5 Å². The van der Waals surface area contributed by atoms with Crippen LogP contribution < -0.4 is 4.74 Å². The summed E-state index contributed by atoms with van der Waals surface area (Å²) in [4.78, 5) is 0. The Balaban J connectivity index is 1.42. The minimum Gasteiger partial charge on any atom is -0.470 e. The monoisotopic (exact) mass is 499 g/mol. The minimum absolute atomic E-state index is 0.223. The van der Waals surface area contributed by atoms with Crippen molar-refractivity contribution in [3.63, 3.8) is 0 Å². The number of aromatic amines is 1. The van der Waals surface area contributed by atoms with E-state index in [9.17, 15) is 0 Å². The largest absolute Gasteiger partial charge is 0.470 e. The summed E-state index contributed by atoms with van der Waals surface area (Å²) in [5, 5.41) is 24.7. The summed E-state index contributed by atoms with van der Waals surface area (Å²) in [7, 11) is -1.15. The highest BCUT2D eigenvalue weighted by Crippen LogP contribution is 2.31. The quantitative estimate of drug-likeness (QED) is 0.213. The molecule has 36 heavy (non-hydrogen) atoms. The van der Waals surface area contributed by atoms with E-state index in [4.69, 9.17) is 14.6 Å². The van der Waals surface area contributed by atoms with Gasteiger partial charge in [0.05, 0.1) is 12.3 Å². The Morgan fingerprint density at radius 2 is 1.58 bits per heavy atom. The van der Waals surface area contributed by atoms with Gasteiger partial charge in [0.2, 0.25) is 5.88 Å². The number of aromatic nitrogens is 7. The van der Waals surface area contributed by atoms with Crippen LogP contribution in [0.2, 0.25) is 25.7 Å². The van der Waals surface area contributed by atoms with E-state index < -0.39 is 8.07 Å². The summed E-state index contributed by atoms with van der Waals surface area (Å²) in [5.41, 5.74) is 4.87. The molecule has 0 atom stereocenters. The number of hydrogen-bond acceptors (Lipinski definition) is 7. The smallest absolute Gasteiger partial charge is 0.240 e. The van der Waals surface area contributed by atoms with Gasteiger partial charge in [-0.05, 0) is 17.7 Å². The molecule has 0 aliphatic heterocycles. The zero-order chi connectivity index (χ0) is 25.0. The normalized spacial score (nSPS) is 11.8. The van der Waals surface area contributed by atoms with E-state index in [1.165, 1.54) is 0 Å². The first kappa shape index (κ1) is 23.8. The molecule has 0 saturated heterocycles. The van der Waals surface area contributed by atoms with Gasteiger partial charge in [0.25, 0.3) is 0 Å². The minimum atomic E-state index is -1.15. The third-order valence-electron chi connectivity index (χ3n) is 5.77. The van der Waals surface area contributed by atoms with Gasteiger partial charge in [-0.3, -0.25) is 5.10 Å². The summed E-state index contributed by atoms with van der Waals surface area (Å²) < 4.78 is 13.8. The molecule has 3 heterocycles. The number of rotatable bonds is 10. The number of nitrogens with one attached hydrogen (secondary N) is 1. The summed E-state index contributed by atoms with van der Waals surface area (Å²) in [6.07, 6.45) is 0. The van der Waals surface area contributed by atoms with Crippen LogP contribution in [-0.2, 0) is 18.0 Å². The summed E-state index contributed by atoms with van der Waals surface area (Å²) in [5.74, 6) is 1.11. The molecular weight excluding hydrogens is 470 g/mol. The van der Waals surface area contributed by atoms with Crippen LogP contribution >= 0.6 is 0 Å². The van der Waals surface area contributed by atoms with E-state index in [-0.39, 0.29) is 6.61 Å². The van der Waals surface area contributed by atoms with Gasteiger partial charge in [0.15, 0.2) is 11.5 Å². The average Bonchev–Trinajstić information content (AvgIpc) is 3.51. The first-order chi connectivity index (χ1) is 17.5. The SMILES string of the molecule is C[Si](C)(C)CCOCc1nn[nH]c1COc1nn2c(-c3ccccc3)nnc2cc1-c1ccccc1. The standard InChI is InChI=1S/C26H29N7O2Si/c1-36(2,3)15-14-34-17-22-23(28-32-27-22)18-35-26-21(19-10-6-4-7-11-19)16-24-29-30-25(33(24)31-26)20-12-8-5-9-13-20/h4-13,16H,14-15,17-18H2,1-3H3,(H,27,28,32). The van der Waals surface area contributed by atoms with Crippen molar-refractivity contribution in [3.05, 3.63) is 78.1 Å². The number of ether oxygens (including phenoxy) is 2. The van der Waals surface area contributed by atoms with Crippen LogP contribution in [-0.4, -0.2) is 49.9 Å². The van der Waals surface area contributed by atoms with Gasteiger partial charge in [-0.15, -0.1) is 20.4 Å². The number of nitrogens with zero attached hydrogens (tertiary/aromatic N) is 6. The molecule has 9 nitrogen and oxygen atoms in total. The van der Waals surface area contributed by atoms with Gasteiger partial charge < -0.3 is 9.47 Å². The van der Waals surface area contributed by atoms with Gasteiger partial charge in [0, 0.05) is 25.8 Å². The summed E-state index contributed by atoms with van der Waals surface area (Å²) >= 11 is 0. The fourth-order valence-electron chi connectivity index (χ4n) is 3.70. The third-order valence-corrected chi connectivity index (χ3v) is 7.47. The highest BCUT2D eigenvalue weighted by molar-refractivity contribution is 6.76. The molecule has 0 spiro atoms. The number of hydrogen-bond donors (Lipinski definition) is 1. The lowest BCUT2D eigenvalue weighted by Crippen LogP contribution is -2.21. The topological polar surface area (TPSA) is 103 Å². The summed E-state index contributed by atoms with van der Waals surface area (Å²) in [6.45, 7) is 8.33. The van der Waals surface area contributed by atoms with E-state index in [1.807, 2.05) is 66.7 Å². The van der Waals surface area contributed by atoms with E-state index in [0.29, 0.717) is 24.0 Å². The van der Waals surface area contributed by atoms with E-state index in [1.54, 1.807) is 4.52 Å². The van der Waals surface area contributed by atoms with Crippen LogP contribution in [0.15, 0.2) is 66.7 Å². The molecule has 1 N–H and O–H groups in total. The second-order valence-electron chi connectivity index (χ2n) is 9.78. The molecule has 0 saturated carbocycles. The first-order valence-electron chi connectivity index (χ1n) is 11.9. The Morgan fingerprint density at radius 1 is 0.861 bits per heavy atom. The molecular formula is C26H29N7O2Si. The van der Waals surface area contributed by atoms with Crippen molar-refractivity contribution < 1.29 is 9.47 Å². The molecule has 5 rings (SSSR count). The van der Waals surface area contributed by atoms with Gasteiger partial charge in [0.1, 0.15) is 12.3 Å². The average molecular weight is 500 g/mol. The maximum atomic E-state index is 6.26. The molecule has 0 fully saturated rings. The molecule has 0 aliphatic rings. The maximum Gasteiger partial charge on any atom is 0.240 e. The van der Waals surface area contributed by atoms with Crippen molar-refractivity contribution in [3.8, 4) is 28.4 Å². The van der Waals surface area contributed by atoms with Crippen molar-refractivity contribution in [2.45, 2.75) is 38.9 Å². The molecule has 3 aromatic heterocycles. The van der Waals surface area contributed by atoms with Crippen LogP contribution in [0.4, 0.5) is 0 Å². The van der Waals surface area contributed by atoms with E-state index >= 15 is 0 Å². The van der Waals surface area contributed by atoms with Gasteiger partial charge >= 0.3 is 0 Å². The zero-order valence-electron chi connectivity index (χ0n) is 20.7. The van der Waals surface area contributed by atoms with E-state index in [0.717, 1.165) is 40.7 Å². The van der Waals surface area contributed by atoms with E-state index in [2.05, 4.69) is 45.2 Å². The predicted molar refractivity (Wildman–Crippen MR) is 140 cm³/mol. The Labute approximate surface area is 210 Å². The molecule has 5 aromatic rings. The van der Waals surface area contributed by atoms with Gasteiger partial charge in [-0.2, -0.15) is 4.52 Å². The molecule has 10 heteroatoms. The highest BCUT2D eigenvalue weighted by Gasteiger charge is 2.18. The maximum absolute atomic E-state index is 6.26. The Morgan fingerprint density at radius 3 is 2.31 bits per heavy atom. The fourth-order valence-corrected chi connectivity index (χ4v) is 4.46. The molecule has 0 unspecified atom stereocenters. The number of H-pyrrole nitrogens is 1. The zero-order valence-corrected chi connectivity index (χ0v) is 21.7. The molecule has 0 aliphatic carbocycles. The Bertz CT molecular complexity index is 1430. The van der Waals surface area contributed by atoms with Crippen LogP contribution in [0.5, 0.6) is 5.88 Å². The van der Waals surface area contributed by atoms with Crippen LogP contribution in [0.25, 0.3) is 28.2 Å². The fraction of sp³-hybridized carbons (Fsp3) is 0.269. The molecule has 184 valence electrons. The number of fused-ring (bicyclic) bond motifs is 1. The van der Waals surface area contributed by atoms with Crippen LogP contribution in [0, 0.1) is 0 Å². The Kier molecular flexibility index (Phi) is 6.87. The third kappa shape index (κ3) is 5.50. The second kappa shape index (κ2) is 10.4. The molecule has 0 radical (unpaired) electrons. The molecule has 0 bridgehead atoms. The number of benzene rings is 2. The highest BCUT2D eigenvalue weighted by atomic mass is 28.3. The Hall–Kier alpha value is -3.89. The van der Waals surface area contributed by atoms with Crippen LogP contribution in [0.1, 0.15) is 11.4 Å². The van der Waals surface area contributed by atoms with Crippen molar-refractivity contribution in [2.75, 3.05) is 6.61 Å².